The monoisotopic (exact) mass is 562 g/mol. The predicted molar refractivity (Wildman–Crippen MR) is 157 cm³/mol. The standard InChI is InChI=1S/C30H38N6O3S/c1-39-26-11-7-8-24(18-26)31-20-27-33-34-30(36(27)25-9-3-2-4-10-25)40-21-28(37)32-19-22-12-14-23(15-13-22)29(38)35-16-5-6-17-35/h7-8,11-15,18,25,31H,2-6,9-10,16-17,19-21H2,1H3,(H,32,37). The van der Waals surface area contributed by atoms with Gasteiger partial charge in [0.2, 0.25) is 5.91 Å². The highest BCUT2D eigenvalue weighted by atomic mass is 32.2. The van der Waals surface area contributed by atoms with Gasteiger partial charge in [-0.25, -0.2) is 0 Å². The minimum Gasteiger partial charge on any atom is -0.497 e. The number of amides is 2. The van der Waals surface area contributed by atoms with Crippen LogP contribution in [-0.2, 0) is 17.9 Å². The fourth-order valence-corrected chi connectivity index (χ4v) is 6.25. The Balaban J connectivity index is 1.16. The third kappa shape index (κ3) is 7.15. The molecule has 0 bridgehead atoms. The summed E-state index contributed by atoms with van der Waals surface area (Å²) in [7, 11) is 1.66. The number of nitrogens with one attached hydrogen (secondary N) is 2. The van der Waals surface area contributed by atoms with Crippen LogP contribution in [0.4, 0.5) is 5.69 Å². The summed E-state index contributed by atoms with van der Waals surface area (Å²) in [6.45, 7) is 2.63. The molecule has 0 unspecified atom stereocenters. The Bertz CT molecular complexity index is 1280. The van der Waals surface area contributed by atoms with Gasteiger partial charge < -0.3 is 24.8 Å². The number of benzene rings is 2. The summed E-state index contributed by atoms with van der Waals surface area (Å²) >= 11 is 1.43. The van der Waals surface area contributed by atoms with E-state index in [2.05, 4.69) is 25.4 Å². The summed E-state index contributed by atoms with van der Waals surface area (Å²) in [5.74, 6) is 1.97. The van der Waals surface area contributed by atoms with Crippen molar-refractivity contribution in [3.8, 4) is 5.75 Å². The van der Waals surface area contributed by atoms with E-state index in [0.717, 1.165) is 66.8 Å². The molecule has 0 atom stereocenters. The summed E-state index contributed by atoms with van der Waals surface area (Å²) < 4.78 is 7.57. The largest absolute Gasteiger partial charge is 0.497 e. The zero-order valence-electron chi connectivity index (χ0n) is 23.1. The highest BCUT2D eigenvalue weighted by Gasteiger charge is 2.24. The van der Waals surface area contributed by atoms with Crippen LogP contribution in [0, 0.1) is 0 Å². The molecular weight excluding hydrogens is 524 g/mol. The molecule has 2 fully saturated rings. The van der Waals surface area contributed by atoms with Crippen molar-refractivity contribution >= 4 is 29.3 Å². The molecule has 2 N–H and O–H groups in total. The number of ether oxygens (including phenoxy) is 1. The number of thioether (sulfide) groups is 1. The molecule has 1 saturated carbocycles. The van der Waals surface area contributed by atoms with Gasteiger partial charge >= 0.3 is 0 Å². The molecule has 1 aromatic heterocycles. The Morgan fingerprint density at radius 1 is 0.975 bits per heavy atom. The van der Waals surface area contributed by atoms with Crippen molar-refractivity contribution in [2.24, 2.45) is 0 Å². The SMILES string of the molecule is COc1cccc(NCc2nnc(SCC(=O)NCc3ccc(C(=O)N4CCCC4)cc3)n2C2CCCCC2)c1. The van der Waals surface area contributed by atoms with Gasteiger partial charge in [-0.1, -0.05) is 49.2 Å². The van der Waals surface area contributed by atoms with E-state index in [0.29, 0.717) is 24.7 Å². The average molecular weight is 563 g/mol. The molecule has 1 aliphatic heterocycles. The van der Waals surface area contributed by atoms with Gasteiger partial charge in [0, 0.05) is 43.0 Å². The lowest BCUT2D eigenvalue weighted by atomic mass is 9.95. The zero-order chi connectivity index (χ0) is 27.7. The van der Waals surface area contributed by atoms with E-state index in [1.807, 2.05) is 53.4 Å². The molecule has 2 amide bonds. The molecule has 10 heteroatoms. The van der Waals surface area contributed by atoms with Gasteiger partial charge in [0.25, 0.3) is 5.91 Å². The van der Waals surface area contributed by atoms with Gasteiger partial charge in [0.1, 0.15) is 5.75 Å². The molecule has 2 aliphatic rings. The Hall–Kier alpha value is -3.53. The summed E-state index contributed by atoms with van der Waals surface area (Å²) in [6.07, 6.45) is 7.99. The van der Waals surface area contributed by atoms with Crippen LogP contribution in [0.1, 0.15) is 72.7 Å². The molecule has 2 heterocycles. The van der Waals surface area contributed by atoms with E-state index in [4.69, 9.17) is 4.74 Å². The van der Waals surface area contributed by atoms with Gasteiger partial charge in [0.05, 0.1) is 19.4 Å². The Kier molecular flexibility index (Phi) is 9.59. The number of methoxy groups -OCH3 is 1. The number of hydrogen-bond donors (Lipinski definition) is 2. The fourth-order valence-electron chi connectivity index (χ4n) is 5.40. The third-order valence-electron chi connectivity index (χ3n) is 7.61. The maximum absolute atomic E-state index is 12.7. The Morgan fingerprint density at radius 2 is 1.75 bits per heavy atom. The van der Waals surface area contributed by atoms with E-state index in [1.54, 1.807) is 7.11 Å². The van der Waals surface area contributed by atoms with Crippen molar-refractivity contribution in [1.29, 1.82) is 0 Å². The number of anilines is 1. The van der Waals surface area contributed by atoms with Crippen LogP contribution in [-0.4, -0.2) is 57.4 Å². The number of carbonyl (C=O) groups is 2. The third-order valence-corrected chi connectivity index (χ3v) is 8.55. The van der Waals surface area contributed by atoms with Crippen molar-refractivity contribution in [2.45, 2.75) is 69.2 Å². The molecule has 3 aromatic rings. The number of likely N-dealkylation sites (tertiary alicyclic amines) is 1. The second-order valence-corrected chi connectivity index (χ2v) is 11.4. The summed E-state index contributed by atoms with van der Waals surface area (Å²) in [5, 5.41) is 16.2. The molecule has 1 aliphatic carbocycles. The zero-order valence-corrected chi connectivity index (χ0v) is 23.9. The van der Waals surface area contributed by atoms with Crippen LogP contribution < -0.4 is 15.4 Å². The number of aromatic nitrogens is 3. The first-order valence-corrected chi connectivity index (χ1v) is 15.2. The predicted octanol–water partition coefficient (Wildman–Crippen LogP) is 5.05. The van der Waals surface area contributed by atoms with E-state index in [1.165, 1.54) is 31.0 Å². The van der Waals surface area contributed by atoms with Crippen LogP contribution in [0.25, 0.3) is 0 Å². The number of nitrogens with zero attached hydrogens (tertiary/aromatic N) is 4. The Labute approximate surface area is 240 Å². The first kappa shape index (κ1) is 28.0. The van der Waals surface area contributed by atoms with Crippen molar-refractivity contribution in [3.63, 3.8) is 0 Å². The molecule has 5 rings (SSSR count). The highest BCUT2D eigenvalue weighted by Crippen LogP contribution is 2.33. The number of hydrogen-bond acceptors (Lipinski definition) is 7. The van der Waals surface area contributed by atoms with Crippen molar-refractivity contribution in [3.05, 3.63) is 65.5 Å². The molecule has 2 aromatic carbocycles. The highest BCUT2D eigenvalue weighted by molar-refractivity contribution is 7.99. The molecular formula is C30H38N6O3S. The van der Waals surface area contributed by atoms with Gasteiger partial charge in [-0.15, -0.1) is 10.2 Å². The van der Waals surface area contributed by atoms with Gasteiger partial charge in [0.15, 0.2) is 11.0 Å². The number of carbonyl (C=O) groups excluding carboxylic acids is 2. The van der Waals surface area contributed by atoms with Crippen LogP contribution in [0.2, 0.25) is 0 Å². The first-order valence-electron chi connectivity index (χ1n) is 14.2. The summed E-state index contributed by atoms with van der Waals surface area (Å²) in [5.41, 5.74) is 2.62. The Morgan fingerprint density at radius 3 is 2.50 bits per heavy atom. The van der Waals surface area contributed by atoms with Crippen molar-refractivity contribution in [1.82, 2.24) is 25.0 Å². The molecule has 212 valence electrons. The van der Waals surface area contributed by atoms with Crippen LogP contribution in [0.15, 0.2) is 53.7 Å². The van der Waals surface area contributed by atoms with E-state index in [9.17, 15) is 9.59 Å². The lowest BCUT2D eigenvalue weighted by molar-refractivity contribution is -0.118. The summed E-state index contributed by atoms with van der Waals surface area (Å²) in [6, 6.07) is 15.7. The molecule has 1 saturated heterocycles. The second kappa shape index (κ2) is 13.7. The first-order chi connectivity index (χ1) is 19.6. The van der Waals surface area contributed by atoms with E-state index < -0.39 is 0 Å². The molecule has 9 nitrogen and oxygen atoms in total. The van der Waals surface area contributed by atoms with Crippen molar-refractivity contribution < 1.29 is 14.3 Å². The topological polar surface area (TPSA) is 101 Å². The minimum atomic E-state index is -0.0588. The second-order valence-electron chi connectivity index (χ2n) is 10.4. The van der Waals surface area contributed by atoms with Crippen molar-refractivity contribution in [2.75, 3.05) is 31.3 Å². The van der Waals surface area contributed by atoms with Gasteiger partial charge in [-0.05, 0) is 55.5 Å². The fraction of sp³-hybridized carbons (Fsp3) is 0.467. The maximum atomic E-state index is 12.7. The molecule has 40 heavy (non-hydrogen) atoms. The number of rotatable bonds is 11. The van der Waals surface area contributed by atoms with Gasteiger partial charge in [-0.2, -0.15) is 0 Å². The van der Waals surface area contributed by atoms with Crippen LogP contribution >= 0.6 is 11.8 Å². The smallest absolute Gasteiger partial charge is 0.253 e. The maximum Gasteiger partial charge on any atom is 0.253 e. The minimum absolute atomic E-state index is 0.0588. The quantitative estimate of drug-likeness (QED) is 0.316. The normalized spacial score (nSPS) is 15.7. The van der Waals surface area contributed by atoms with E-state index in [-0.39, 0.29) is 17.6 Å². The van der Waals surface area contributed by atoms with Crippen LogP contribution in [0.3, 0.4) is 0 Å². The molecule has 0 radical (unpaired) electrons. The van der Waals surface area contributed by atoms with Crippen LogP contribution in [0.5, 0.6) is 5.75 Å². The summed E-state index contributed by atoms with van der Waals surface area (Å²) in [4.78, 5) is 27.2. The molecule has 0 spiro atoms. The lowest BCUT2D eigenvalue weighted by Gasteiger charge is -2.25. The van der Waals surface area contributed by atoms with Gasteiger partial charge in [-0.3, -0.25) is 9.59 Å². The van der Waals surface area contributed by atoms with E-state index >= 15 is 0 Å². The average Bonchev–Trinajstić information content (AvgIpc) is 3.69. The lowest BCUT2D eigenvalue weighted by Crippen LogP contribution is -2.27.